The standard InChI is InChI=1S/C9H10O7/c1-5(8(11)12)2-7(10)14-3-6-4-15-9(13)16-6/h6H,1-4H2,(H,11,12). The van der Waals surface area contributed by atoms with Crippen molar-refractivity contribution in [2.45, 2.75) is 12.5 Å². The average Bonchev–Trinajstić information content (AvgIpc) is 2.61. The fourth-order valence-electron chi connectivity index (χ4n) is 0.934. The zero-order valence-corrected chi connectivity index (χ0v) is 8.30. The zero-order chi connectivity index (χ0) is 12.1. The molecule has 7 heteroatoms. The predicted octanol–water partition coefficient (Wildman–Crippen LogP) is 0.0959. The van der Waals surface area contributed by atoms with Crippen LogP contribution in [0.4, 0.5) is 4.79 Å². The van der Waals surface area contributed by atoms with Crippen molar-refractivity contribution in [3.8, 4) is 0 Å². The summed E-state index contributed by atoms with van der Waals surface area (Å²) in [5.74, 6) is -2.00. The smallest absolute Gasteiger partial charge is 0.478 e. The van der Waals surface area contributed by atoms with Gasteiger partial charge in [-0.2, -0.15) is 0 Å². The number of hydrogen-bond acceptors (Lipinski definition) is 6. The number of carbonyl (C=O) groups is 3. The SMILES string of the molecule is C=C(CC(=O)OCC1COC(=O)O1)C(=O)O. The van der Waals surface area contributed by atoms with Gasteiger partial charge in [0.25, 0.3) is 0 Å². The lowest BCUT2D eigenvalue weighted by atomic mass is 10.2. The van der Waals surface area contributed by atoms with E-state index in [1.807, 2.05) is 0 Å². The summed E-state index contributed by atoms with van der Waals surface area (Å²) in [6.07, 6.45) is -1.85. The summed E-state index contributed by atoms with van der Waals surface area (Å²) in [4.78, 5) is 31.9. The molecule has 0 bridgehead atoms. The first-order valence-electron chi connectivity index (χ1n) is 4.39. The van der Waals surface area contributed by atoms with Crippen LogP contribution in [-0.2, 0) is 23.8 Å². The van der Waals surface area contributed by atoms with Gasteiger partial charge in [0.1, 0.15) is 13.2 Å². The maximum Gasteiger partial charge on any atom is 0.508 e. The fraction of sp³-hybridized carbons (Fsp3) is 0.444. The van der Waals surface area contributed by atoms with Crippen LogP contribution in [0.25, 0.3) is 0 Å². The number of ether oxygens (including phenoxy) is 3. The molecule has 1 N–H and O–H groups in total. The first-order valence-corrected chi connectivity index (χ1v) is 4.39. The zero-order valence-electron chi connectivity index (χ0n) is 8.30. The minimum absolute atomic E-state index is 0.0198. The topological polar surface area (TPSA) is 99.1 Å². The molecule has 0 aromatic carbocycles. The molecule has 0 radical (unpaired) electrons. The molecular formula is C9H10O7. The minimum Gasteiger partial charge on any atom is -0.478 e. The first-order chi connectivity index (χ1) is 7.49. The molecule has 0 aliphatic carbocycles. The Kier molecular flexibility index (Phi) is 3.87. The lowest BCUT2D eigenvalue weighted by Crippen LogP contribution is -2.21. The van der Waals surface area contributed by atoms with Crippen molar-refractivity contribution in [3.05, 3.63) is 12.2 Å². The van der Waals surface area contributed by atoms with Gasteiger partial charge < -0.3 is 19.3 Å². The Labute approximate surface area is 90.6 Å². The molecular weight excluding hydrogens is 220 g/mol. The number of carbonyl (C=O) groups excluding carboxylic acids is 2. The van der Waals surface area contributed by atoms with Crippen molar-refractivity contribution in [3.63, 3.8) is 0 Å². The van der Waals surface area contributed by atoms with Gasteiger partial charge in [-0.3, -0.25) is 4.79 Å². The summed E-state index contributed by atoms with van der Waals surface area (Å²) >= 11 is 0. The Bertz CT molecular complexity index is 333. The Morgan fingerprint density at radius 3 is 2.75 bits per heavy atom. The highest BCUT2D eigenvalue weighted by atomic mass is 16.8. The Hall–Kier alpha value is -2.05. The maximum absolute atomic E-state index is 11.1. The van der Waals surface area contributed by atoms with Crippen molar-refractivity contribution >= 4 is 18.1 Å². The van der Waals surface area contributed by atoms with Crippen LogP contribution in [0.5, 0.6) is 0 Å². The molecule has 1 rings (SSSR count). The quantitative estimate of drug-likeness (QED) is 0.528. The maximum atomic E-state index is 11.1. The molecule has 7 nitrogen and oxygen atoms in total. The van der Waals surface area contributed by atoms with Gasteiger partial charge in [-0.15, -0.1) is 0 Å². The summed E-state index contributed by atoms with van der Waals surface area (Å²) in [5, 5.41) is 8.45. The van der Waals surface area contributed by atoms with E-state index in [2.05, 4.69) is 20.8 Å². The molecule has 0 saturated carbocycles. The minimum atomic E-state index is -1.26. The van der Waals surface area contributed by atoms with E-state index < -0.39 is 30.6 Å². The van der Waals surface area contributed by atoms with Crippen LogP contribution in [-0.4, -0.2) is 42.5 Å². The highest BCUT2D eigenvalue weighted by Crippen LogP contribution is 2.07. The second-order valence-corrected chi connectivity index (χ2v) is 3.07. The molecule has 1 aliphatic heterocycles. The molecule has 1 heterocycles. The van der Waals surface area contributed by atoms with E-state index in [1.54, 1.807) is 0 Å². The molecule has 0 amide bonds. The molecule has 1 aliphatic rings. The lowest BCUT2D eigenvalue weighted by Gasteiger charge is -2.07. The van der Waals surface area contributed by atoms with Crippen molar-refractivity contribution in [2.75, 3.05) is 13.2 Å². The normalized spacial score (nSPS) is 18.5. The number of cyclic esters (lactones) is 2. The van der Waals surface area contributed by atoms with Crippen molar-refractivity contribution < 1.29 is 33.7 Å². The number of aliphatic carboxylic acids is 1. The molecule has 1 atom stereocenters. The largest absolute Gasteiger partial charge is 0.508 e. The number of carboxylic acids is 1. The monoisotopic (exact) mass is 230 g/mol. The Morgan fingerprint density at radius 2 is 2.25 bits per heavy atom. The number of hydrogen-bond donors (Lipinski definition) is 1. The van der Waals surface area contributed by atoms with Crippen LogP contribution < -0.4 is 0 Å². The molecule has 1 saturated heterocycles. The van der Waals surface area contributed by atoms with Gasteiger partial charge in [-0.25, -0.2) is 9.59 Å². The van der Waals surface area contributed by atoms with E-state index in [0.29, 0.717) is 0 Å². The van der Waals surface area contributed by atoms with Gasteiger partial charge in [0.2, 0.25) is 0 Å². The van der Waals surface area contributed by atoms with E-state index in [1.165, 1.54) is 0 Å². The van der Waals surface area contributed by atoms with Crippen molar-refractivity contribution in [1.82, 2.24) is 0 Å². The molecule has 1 fully saturated rings. The van der Waals surface area contributed by atoms with E-state index in [4.69, 9.17) is 5.11 Å². The third-order valence-electron chi connectivity index (χ3n) is 1.74. The third-order valence-corrected chi connectivity index (χ3v) is 1.74. The molecule has 0 aromatic heterocycles. The predicted molar refractivity (Wildman–Crippen MR) is 48.6 cm³/mol. The van der Waals surface area contributed by atoms with Gasteiger partial charge in [0.15, 0.2) is 6.10 Å². The van der Waals surface area contributed by atoms with E-state index in [0.717, 1.165) is 0 Å². The Balaban J connectivity index is 2.22. The molecule has 16 heavy (non-hydrogen) atoms. The summed E-state index contributed by atoms with van der Waals surface area (Å²) in [7, 11) is 0. The molecule has 88 valence electrons. The van der Waals surface area contributed by atoms with Gasteiger partial charge in [-0.05, 0) is 0 Å². The second kappa shape index (κ2) is 5.15. The van der Waals surface area contributed by atoms with E-state index in [-0.39, 0.29) is 18.8 Å². The van der Waals surface area contributed by atoms with Gasteiger partial charge >= 0.3 is 18.1 Å². The van der Waals surface area contributed by atoms with Crippen LogP contribution in [0, 0.1) is 0 Å². The highest BCUT2D eigenvalue weighted by Gasteiger charge is 2.26. The molecule has 0 aromatic rings. The van der Waals surface area contributed by atoms with Crippen LogP contribution in [0.1, 0.15) is 6.42 Å². The van der Waals surface area contributed by atoms with Crippen LogP contribution >= 0.6 is 0 Å². The lowest BCUT2D eigenvalue weighted by molar-refractivity contribution is -0.146. The summed E-state index contributed by atoms with van der Waals surface area (Å²) < 4.78 is 13.7. The van der Waals surface area contributed by atoms with Crippen LogP contribution in [0.2, 0.25) is 0 Å². The fourth-order valence-corrected chi connectivity index (χ4v) is 0.934. The first kappa shape index (κ1) is 12.0. The number of rotatable bonds is 5. The van der Waals surface area contributed by atoms with Gasteiger partial charge in [0, 0.05) is 5.57 Å². The third kappa shape index (κ3) is 3.60. The van der Waals surface area contributed by atoms with E-state index in [9.17, 15) is 14.4 Å². The summed E-state index contributed by atoms with van der Waals surface area (Å²) in [5.41, 5.74) is -0.260. The number of carboxylic acid groups (broad SMARTS) is 1. The molecule has 1 unspecified atom stereocenters. The van der Waals surface area contributed by atoms with Crippen molar-refractivity contribution in [2.24, 2.45) is 0 Å². The molecule has 0 spiro atoms. The highest BCUT2D eigenvalue weighted by molar-refractivity contribution is 5.91. The summed E-state index contributed by atoms with van der Waals surface area (Å²) in [6, 6.07) is 0. The van der Waals surface area contributed by atoms with Crippen LogP contribution in [0.15, 0.2) is 12.2 Å². The summed E-state index contributed by atoms with van der Waals surface area (Å²) in [6.45, 7) is 3.04. The van der Waals surface area contributed by atoms with Gasteiger partial charge in [-0.1, -0.05) is 6.58 Å². The van der Waals surface area contributed by atoms with Gasteiger partial charge in [0.05, 0.1) is 6.42 Å². The van der Waals surface area contributed by atoms with Crippen LogP contribution in [0.3, 0.4) is 0 Å². The average molecular weight is 230 g/mol. The second-order valence-electron chi connectivity index (χ2n) is 3.07. The van der Waals surface area contributed by atoms with E-state index >= 15 is 0 Å². The Morgan fingerprint density at radius 1 is 1.56 bits per heavy atom. The van der Waals surface area contributed by atoms with Crippen molar-refractivity contribution in [1.29, 1.82) is 0 Å². The number of esters is 1.